The number of hydrogen-bond acceptors (Lipinski definition) is 6. The van der Waals surface area contributed by atoms with Crippen molar-refractivity contribution >= 4 is 27.0 Å². The van der Waals surface area contributed by atoms with Crippen molar-refractivity contribution in [2.75, 3.05) is 7.05 Å². The maximum absolute atomic E-state index is 13.3. The van der Waals surface area contributed by atoms with E-state index in [0.717, 1.165) is 24.3 Å². The number of furan rings is 1. The normalized spacial score (nSPS) is 12.2. The van der Waals surface area contributed by atoms with Crippen LogP contribution in [0.15, 0.2) is 40.8 Å². The second-order valence-electron chi connectivity index (χ2n) is 6.84. The Morgan fingerprint density at radius 3 is 2.25 bits per heavy atom. The third-order valence-corrected chi connectivity index (χ3v) is 5.13. The molecule has 3 aromatic rings. The van der Waals surface area contributed by atoms with Gasteiger partial charge in [-0.1, -0.05) is 0 Å². The first-order chi connectivity index (χ1) is 14.8. The fourth-order valence-corrected chi connectivity index (χ4v) is 3.30. The van der Waals surface area contributed by atoms with Crippen LogP contribution in [-0.4, -0.2) is 33.0 Å². The van der Waals surface area contributed by atoms with Crippen LogP contribution in [-0.2, 0) is 10.1 Å². The molecule has 0 spiro atoms. The summed E-state index contributed by atoms with van der Waals surface area (Å²) < 4.78 is 90.6. The maximum atomic E-state index is 13.3. The second-order valence-corrected chi connectivity index (χ2v) is 8.37. The summed E-state index contributed by atoms with van der Waals surface area (Å²) in [7, 11) is -4.70. The van der Waals surface area contributed by atoms with E-state index in [1.807, 2.05) is 0 Å². The zero-order valence-corrected chi connectivity index (χ0v) is 17.7. The van der Waals surface area contributed by atoms with Crippen LogP contribution in [0.25, 0.3) is 22.3 Å². The van der Waals surface area contributed by atoms with Gasteiger partial charge in [0.2, 0.25) is 0 Å². The molecule has 32 heavy (non-hydrogen) atoms. The van der Waals surface area contributed by atoms with Gasteiger partial charge in [0.05, 0.1) is 11.7 Å². The molecule has 1 aromatic heterocycles. The molecule has 0 bridgehead atoms. The smallest absolute Gasteiger partial charge is 0.487 e. The Kier molecular flexibility index (Phi) is 6.09. The third-order valence-electron chi connectivity index (χ3n) is 4.16. The molecule has 7 nitrogen and oxygen atoms in total. The van der Waals surface area contributed by atoms with Crippen molar-refractivity contribution in [1.29, 1.82) is 0 Å². The zero-order valence-electron chi connectivity index (χ0n) is 16.9. The van der Waals surface area contributed by atoms with Crippen LogP contribution < -0.4 is 14.2 Å². The van der Waals surface area contributed by atoms with Gasteiger partial charge in [-0.2, -0.15) is 21.6 Å². The van der Waals surface area contributed by atoms with E-state index < -0.39 is 39.2 Å². The van der Waals surface area contributed by atoms with Crippen molar-refractivity contribution in [3.05, 3.63) is 47.8 Å². The number of amides is 1. The van der Waals surface area contributed by atoms with E-state index in [-0.39, 0.29) is 28.0 Å². The molecule has 2 aromatic carbocycles. The number of carbonyl (C=O) groups is 1. The van der Waals surface area contributed by atoms with E-state index >= 15 is 0 Å². The highest BCUT2D eigenvalue weighted by atomic mass is 32.2. The summed E-state index contributed by atoms with van der Waals surface area (Å²) in [6, 6.07) is 6.99. The summed E-state index contributed by atoms with van der Waals surface area (Å²) in [4.78, 5) is 12.6. The standard InChI is InChI=1S/C20H17F4NO6S/c1-10(2)29-15-9-14-13(8-16(15)31-32(27,28)20(22,23)24)17(19(26)25-3)18(30-14)11-4-6-12(21)7-5-11/h4-10H,1-3H3,(H,25,26). The van der Waals surface area contributed by atoms with E-state index in [9.17, 15) is 30.8 Å². The van der Waals surface area contributed by atoms with Gasteiger partial charge in [0.1, 0.15) is 17.2 Å². The Morgan fingerprint density at radius 1 is 1.09 bits per heavy atom. The molecule has 0 saturated carbocycles. The summed E-state index contributed by atoms with van der Waals surface area (Å²) >= 11 is 0. The van der Waals surface area contributed by atoms with Crippen molar-refractivity contribution in [3.8, 4) is 22.8 Å². The van der Waals surface area contributed by atoms with Crippen molar-refractivity contribution < 1.29 is 44.1 Å². The summed E-state index contributed by atoms with van der Waals surface area (Å²) in [5.41, 5.74) is -5.48. The lowest BCUT2D eigenvalue weighted by Gasteiger charge is -2.15. The van der Waals surface area contributed by atoms with E-state index in [1.54, 1.807) is 13.8 Å². The van der Waals surface area contributed by atoms with Gasteiger partial charge in [-0.05, 0) is 44.2 Å². The average Bonchev–Trinajstić information content (AvgIpc) is 3.04. The summed E-state index contributed by atoms with van der Waals surface area (Å²) in [5, 5.41) is 2.34. The molecule has 3 rings (SSSR count). The van der Waals surface area contributed by atoms with Crippen molar-refractivity contribution in [2.45, 2.75) is 25.5 Å². The second kappa shape index (κ2) is 8.34. The minimum atomic E-state index is -6.02. The number of halogens is 4. The van der Waals surface area contributed by atoms with Crippen LogP contribution in [0.4, 0.5) is 17.6 Å². The molecule has 0 radical (unpaired) electrons. The molecule has 0 unspecified atom stereocenters. The van der Waals surface area contributed by atoms with Gasteiger partial charge in [-0.15, -0.1) is 0 Å². The highest BCUT2D eigenvalue weighted by Crippen LogP contribution is 2.42. The minimum Gasteiger partial charge on any atom is -0.487 e. The van der Waals surface area contributed by atoms with Crippen LogP contribution in [0.3, 0.4) is 0 Å². The number of carbonyl (C=O) groups excluding carboxylic acids is 1. The first-order valence-electron chi connectivity index (χ1n) is 9.10. The van der Waals surface area contributed by atoms with Crippen molar-refractivity contribution in [3.63, 3.8) is 0 Å². The predicted molar refractivity (Wildman–Crippen MR) is 106 cm³/mol. The molecule has 0 saturated heterocycles. The van der Waals surface area contributed by atoms with Gasteiger partial charge in [0.15, 0.2) is 11.5 Å². The topological polar surface area (TPSA) is 94.8 Å². The fourth-order valence-electron chi connectivity index (χ4n) is 2.84. The predicted octanol–water partition coefficient (Wildman–Crippen LogP) is 4.61. The molecule has 1 heterocycles. The maximum Gasteiger partial charge on any atom is 0.534 e. The number of benzene rings is 2. The van der Waals surface area contributed by atoms with E-state index in [0.29, 0.717) is 5.56 Å². The highest BCUT2D eigenvalue weighted by Gasteiger charge is 2.49. The lowest BCUT2D eigenvalue weighted by molar-refractivity contribution is -0.0500. The molecule has 0 aliphatic rings. The van der Waals surface area contributed by atoms with E-state index in [4.69, 9.17) is 9.15 Å². The number of ether oxygens (including phenoxy) is 1. The Balaban J connectivity index is 2.30. The Bertz CT molecular complexity index is 1260. The summed E-state index contributed by atoms with van der Waals surface area (Å²) in [6.45, 7) is 3.13. The molecule has 172 valence electrons. The van der Waals surface area contributed by atoms with Crippen LogP contribution in [0, 0.1) is 5.82 Å². The van der Waals surface area contributed by atoms with E-state index in [1.165, 1.54) is 19.2 Å². The van der Waals surface area contributed by atoms with Crippen molar-refractivity contribution in [1.82, 2.24) is 5.32 Å². The first kappa shape index (κ1) is 23.4. The molecule has 0 atom stereocenters. The molecule has 0 aliphatic carbocycles. The minimum absolute atomic E-state index is 0.00863. The molecule has 1 N–H and O–H groups in total. The Hall–Kier alpha value is -3.28. The number of nitrogens with one attached hydrogen (secondary N) is 1. The zero-order chi connectivity index (χ0) is 23.8. The van der Waals surface area contributed by atoms with Crippen molar-refractivity contribution in [2.24, 2.45) is 0 Å². The molecule has 1 amide bonds. The first-order valence-corrected chi connectivity index (χ1v) is 10.5. The van der Waals surface area contributed by atoms with Gasteiger partial charge >= 0.3 is 15.6 Å². The Labute approximate surface area is 180 Å². The van der Waals surface area contributed by atoms with Gasteiger partial charge < -0.3 is 18.7 Å². The quantitative estimate of drug-likeness (QED) is 0.318. The lowest BCUT2D eigenvalue weighted by atomic mass is 10.0. The van der Waals surface area contributed by atoms with Crippen LogP contribution >= 0.6 is 0 Å². The Morgan fingerprint density at radius 2 is 1.72 bits per heavy atom. The van der Waals surface area contributed by atoms with Gasteiger partial charge in [-0.3, -0.25) is 4.79 Å². The fraction of sp³-hybridized carbons (Fsp3) is 0.250. The average molecular weight is 475 g/mol. The van der Waals surface area contributed by atoms with E-state index in [2.05, 4.69) is 9.50 Å². The molecule has 12 heteroatoms. The number of alkyl halides is 3. The number of rotatable bonds is 6. The number of fused-ring (bicyclic) bond motifs is 1. The van der Waals surface area contributed by atoms with Crippen LogP contribution in [0.1, 0.15) is 24.2 Å². The molecular weight excluding hydrogens is 458 g/mol. The van der Waals surface area contributed by atoms with Gasteiger partial charge in [0, 0.05) is 24.1 Å². The monoisotopic (exact) mass is 475 g/mol. The summed E-state index contributed by atoms with van der Waals surface area (Å²) in [5.74, 6) is -2.34. The molecule has 0 aliphatic heterocycles. The lowest BCUT2D eigenvalue weighted by Crippen LogP contribution is -2.28. The van der Waals surface area contributed by atoms with Crippen LogP contribution in [0.2, 0.25) is 0 Å². The number of hydrogen-bond donors (Lipinski definition) is 1. The molecule has 0 fully saturated rings. The summed E-state index contributed by atoms with van der Waals surface area (Å²) in [6.07, 6.45) is -0.562. The third kappa shape index (κ3) is 4.49. The largest absolute Gasteiger partial charge is 0.534 e. The van der Waals surface area contributed by atoms with Gasteiger partial charge in [0.25, 0.3) is 5.91 Å². The van der Waals surface area contributed by atoms with Gasteiger partial charge in [-0.25, -0.2) is 4.39 Å². The SMILES string of the molecule is CNC(=O)c1c(-c2ccc(F)cc2)oc2cc(OC(C)C)c(OS(=O)(=O)C(F)(F)F)cc12. The molecular formula is C20H17F4NO6S. The highest BCUT2D eigenvalue weighted by molar-refractivity contribution is 7.88. The van der Waals surface area contributed by atoms with Crippen LogP contribution in [0.5, 0.6) is 11.5 Å².